The first kappa shape index (κ1) is 9.93. The zero-order valence-corrected chi connectivity index (χ0v) is 9.60. The number of aryl methyl sites for hydroxylation is 1. The molecule has 0 bridgehead atoms. The first-order chi connectivity index (χ1) is 6.75. The lowest BCUT2D eigenvalue weighted by Gasteiger charge is -2.15. The van der Waals surface area contributed by atoms with Crippen LogP contribution in [0.1, 0.15) is 18.5 Å². The van der Waals surface area contributed by atoms with E-state index in [1.54, 1.807) is 11.3 Å². The van der Waals surface area contributed by atoms with Crippen LogP contribution in [0.5, 0.6) is 0 Å². The van der Waals surface area contributed by atoms with Crippen LogP contribution < -0.4 is 10.2 Å². The Hall–Kier alpha value is -0.610. The Balaban J connectivity index is 1.73. The van der Waals surface area contributed by atoms with Gasteiger partial charge in [0.15, 0.2) is 5.13 Å². The molecule has 0 spiro atoms. The molecule has 0 amide bonds. The molecule has 1 heterocycles. The SMILES string of the molecule is Cc1csc(N(C)CCNC2CC2)n1. The summed E-state index contributed by atoms with van der Waals surface area (Å²) in [5.41, 5.74) is 1.12. The Morgan fingerprint density at radius 3 is 3.00 bits per heavy atom. The monoisotopic (exact) mass is 211 g/mol. The van der Waals surface area contributed by atoms with Gasteiger partial charge in [-0.2, -0.15) is 0 Å². The molecule has 0 saturated heterocycles. The van der Waals surface area contributed by atoms with E-state index in [-0.39, 0.29) is 0 Å². The van der Waals surface area contributed by atoms with Crippen molar-refractivity contribution in [3.8, 4) is 0 Å². The molecule has 78 valence electrons. The van der Waals surface area contributed by atoms with Crippen molar-refractivity contribution in [2.45, 2.75) is 25.8 Å². The van der Waals surface area contributed by atoms with Crippen LogP contribution in [0.2, 0.25) is 0 Å². The molecule has 14 heavy (non-hydrogen) atoms. The van der Waals surface area contributed by atoms with Crippen molar-refractivity contribution in [1.82, 2.24) is 10.3 Å². The summed E-state index contributed by atoms with van der Waals surface area (Å²) in [5, 5.41) is 6.72. The number of nitrogens with one attached hydrogen (secondary N) is 1. The summed E-state index contributed by atoms with van der Waals surface area (Å²) in [4.78, 5) is 6.66. The zero-order chi connectivity index (χ0) is 9.97. The molecule has 3 nitrogen and oxygen atoms in total. The third-order valence-corrected chi connectivity index (χ3v) is 3.46. The van der Waals surface area contributed by atoms with Gasteiger partial charge in [-0.05, 0) is 19.8 Å². The molecular formula is C10H17N3S. The van der Waals surface area contributed by atoms with Crippen LogP contribution in [0.4, 0.5) is 5.13 Å². The molecule has 1 aliphatic rings. The van der Waals surface area contributed by atoms with E-state index in [1.165, 1.54) is 12.8 Å². The van der Waals surface area contributed by atoms with Gasteiger partial charge in [0, 0.05) is 31.6 Å². The molecule has 1 fully saturated rings. The second-order valence-corrected chi connectivity index (χ2v) is 4.76. The van der Waals surface area contributed by atoms with Crippen LogP contribution in [-0.4, -0.2) is 31.2 Å². The van der Waals surface area contributed by atoms with E-state index in [4.69, 9.17) is 0 Å². The highest BCUT2D eigenvalue weighted by molar-refractivity contribution is 7.13. The van der Waals surface area contributed by atoms with Gasteiger partial charge in [0.1, 0.15) is 0 Å². The normalized spacial score (nSPS) is 15.9. The van der Waals surface area contributed by atoms with Gasteiger partial charge in [-0.25, -0.2) is 4.98 Å². The quantitative estimate of drug-likeness (QED) is 0.802. The third-order valence-electron chi connectivity index (χ3n) is 2.39. The molecule has 0 unspecified atom stereocenters. The van der Waals surface area contributed by atoms with Crippen LogP contribution in [0.25, 0.3) is 0 Å². The van der Waals surface area contributed by atoms with Crippen molar-refractivity contribution >= 4 is 16.5 Å². The maximum Gasteiger partial charge on any atom is 0.185 e. The van der Waals surface area contributed by atoms with Gasteiger partial charge in [-0.15, -0.1) is 11.3 Å². The van der Waals surface area contributed by atoms with Crippen molar-refractivity contribution in [1.29, 1.82) is 0 Å². The highest BCUT2D eigenvalue weighted by Gasteiger charge is 2.19. The van der Waals surface area contributed by atoms with E-state index in [2.05, 4.69) is 27.6 Å². The summed E-state index contributed by atoms with van der Waals surface area (Å²) in [6.45, 7) is 4.15. The lowest BCUT2D eigenvalue weighted by Crippen LogP contribution is -2.30. The molecule has 1 N–H and O–H groups in total. The number of hydrogen-bond acceptors (Lipinski definition) is 4. The predicted molar refractivity (Wildman–Crippen MR) is 61.1 cm³/mol. The van der Waals surface area contributed by atoms with E-state index in [9.17, 15) is 0 Å². The van der Waals surface area contributed by atoms with Gasteiger partial charge in [-0.3, -0.25) is 0 Å². The Morgan fingerprint density at radius 2 is 2.43 bits per heavy atom. The Bertz CT molecular complexity index is 293. The Kier molecular flexibility index (Phi) is 3.03. The zero-order valence-electron chi connectivity index (χ0n) is 8.79. The highest BCUT2D eigenvalue weighted by Crippen LogP contribution is 2.19. The smallest absolute Gasteiger partial charge is 0.185 e. The molecule has 4 heteroatoms. The number of anilines is 1. The van der Waals surface area contributed by atoms with Gasteiger partial charge >= 0.3 is 0 Å². The summed E-state index contributed by atoms with van der Waals surface area (Å²) < 4.78 is 0. The molecule has 0 aliphatic heterocycles. The minimum Gasteiger partial charge on any atom is -0.350 e. The fraction of sp³-hybridized carbons (Fsp3) is 0.700. The van der Waals surface area contributed by atoms with Gasteiger partial charge in [0.05, 0.1) is 5.69 Å². The molecule has 0 radical (unpaired) electrons. The first-order valence-corrected chi connectivity index (χ1v) is 6.00. The van der Waals surface area contributed by atoms with Gasteiger partial charge < -0.3 is 10.2 Å². The van der Waals surface area contributed by atoms with Crippen molar-refractivity contribution in [2.75, 3.05) is 25.0 Å². The number of likely N-dealkylation sites (N-methyl/N-ethyl adjacent to an activating group) is 1. The molecule has 1 aromatic heterocycles. The standard InChI is InChI=1S/C10H17N3S/c1-8-7-14-10(12-8)13(2)6-5-11-9-3-4-9/h7,9,11H,3-6H2,1-2H3. The second kappa shape index (κ2) is 4.28. The van der Waals surface area contributed by atoms with Crippen LogP contribution in [0, 0.1) is 6.92 Å². The second-order valence-electron chi connectivity index (χ2n) is 3.92. The Labute approximate surface area is 89.1 Å². The maximum absolute atomic E-state index is 4.44. The van der Waals surface area contributed by atoms with Gasteiger partial charge in [0.2, 0.25) is 0 Å². The maximum atomic E-state index is 4.44. The molecule has 2 rings (SSSR count). The number of thiazole rings is 1. The average Bonchev–Trinajstić information content (AvgIpc) is 2.87. The van der Waals surface area contributed by atoms with Gasteiger partial charge in [-0.1, -0.05) is 0 Å². The topological polar surface area (TPSA) is 28.2 Å². The average molecular weight is 211 g/mol. The summed E-state index contributed by atoms with van der Waals surface area (Å²) in [6, 6.07) is 0.807. The van der Waals surface area contributed by atoms with E-state index in [0.717, 1.165) is 30.0 Å². The van der Waals surface area contributed by atoms with E-state index >= 15 is 0 Å². The predicted octanol–water partition coefficient (Wildman–Crippen LogP) is 1.64. The lowest BCUT2D eigenvalue weighted by atomic mass is 10.5. The summed E-state index contributed by atoms with van der Waals surface area (Å²) in [7, 11) is 2.10. The van der Waals surface area contributed by atoms with Crippen LogP contribution in [0.3, 0.4) is 0 Å². The lowest BCUT2D eigenvalue weighted by molar-refractivity contribution is 0.674. The highest BCUT2D eigenvalue weighted by atomic mass is 32.1. The van der Waals surface area contributed by atoms with Crippen LogP contribution in [0.15, 0.2) is 5.38 Å². The Morgan fingerprint density at radius 1 is 1.64 bits per heavy atom. The minimum absolute atomic E-state index is 0.807. The van der Waals surface area contributed by atoms with E-state index in [0.29, 0.717) is 0 Å². The molecule has 0 atom stereocenters. The number of rotatable bonds is 5. The van der Waals surface area contributed by atoms with Crippen LogP contribution >= 0.6 is 11.3 Å². The van der Waals surface area contributed by atoms with Crippen molar-refractivity contribution < 1.29 is 0 Å². The largest absolute Gasteiger partial charge is 0.350 e. The first-order valence-electron chi connectivity index (χ1n) is 5.12. The van der Waals surface area contributed by atoms with Gasteiger partial charge in [0.25, 0.3) is 0 Å². The van der Waals surface area contributed by atoms with E-state index in [1.807, 2.05) is 6.92 Å². The fourth-order valence-electron chi connectivity index (χ4n) is 1.34. The van der Waals surface area contributed by atoms with Crippen molar-refractivity contribution in [2.24, 2.45) is 0 Å². The molecule has 0 aromatic carbocycles. The summed E-state index contributed by atoms with van der Waals surface area (Å²) in [6.07, 6.45) is 2.72. The number of hydrogen-bond donors (Lipinski definition) is 1. The molecular weight excluding hydrogens is 194 g/mol. The van der Waals surface area contributed by atoms with Crippen molar-refractivity contribution in [3.05, 3.63) is 11.1 Å². The van der Waals surface area contributed by atoms with E-state index < -0.39 is 0 Å². The summed E-state index contributed by atoms with van der Waals surface area (Å²) in [5.74, 6) is 0. The van der Waals surface area contributed by atoms with Crippen LogP contribution in [-0.2, 0) is 0 Å². The van der Waals surface area contributed by atoms with Crippen molar-refractivity contribution in [3.63, 3.8) is 0 Å². The fourth-order valence-corrected chi connectivity index (χ4v) is 2.13. The molecule has 1 aliphatic carbocycles. The third kappa shape index (κ3) is 2.69. The summed E-state index contributed by atoms with van der Waals surface area (Å²) >= 11 is 1.72. The number of nitrogens with zero attached hydrogens (tertiary/aromatic N) is 2. The molecule has 1 saturated carbocycles. The number of aromatic nitrogens is 1. The molecule has 1 aromatic rings. The minimum atomic E-state index is 0.807.